The summed E-state index contributed by atoms with van der Waals surface area (Å²) in [5, 5.41) is 3.33. The first kappa shape index (κ1) is 13.9. The average molecular weight is 264 g/mol. The fraction of sp³-hybridized carbons (Fsp3) is 0.615. The second-order valence-electron chi connectivity index (χ2n) is 4.75. The first-order valence-corrected chi connectivity index (χ1v) is 6.50. The molecule has 0 aromatic carbocycles. The number of hydrogen-bond acceptors (Lipinski definition) is 6. The maximum absolute atomic E-state index is 12.3. The smallest absolute Gasteiger partial charge is 0.332 e. The Morgan fingerprint density at radius 1 is 1.42 bits per heavy atom. The van der Waals surface area contributed by atoms with Crippen LogP contribution in [-0.4, -0.2) is 54.1 Å². The number of rotatable bonds is 3. The highest BCUT2D eigenvalue weighted by atomic mass is 16.5. The highest BCUT2D eigenvalue weighted by molar-refractivity contribution is 5.81. The lowest BCUT2D eigenvalue weighted by Gasteiger charge is -2.37. The molecule has 1 aliphatic heterocycles. The predicted octanol–water partition coefficient (Wildman–Crippen LogP) is 0.160. The Balaban J connectivity index is 2.36. The van der Waals surface area contributed by atoms with E-state index in [9.17, 15) is 4.79 Å². The van der Waals surface area contributed by atoms with Crippen LogP contribution in [0.4, 0.5) is 0 Å². The molecule has 19 heavy (non-hydrogen) atoms. The van der Waals surface area contributed by atoms with E-state index in [-0.39, 0.29) is 5.97 Å². The van der Waals surface area contributed by atoms with Gasteiger partial charge < -0.3 is 10.1 Å². The summed E-state index contributed by atoms with van der Waals surface area (Å²) in [4.78, 5) is 22.8. The number of carbonyl (C=O) groups is 1. The van der Waals surface area contributed by atoms with Crippen molar-refractivity contribution in [2.45, 2.75) is 18.9 Å². The maximum Gasteiger partial charge on any atom is 0.332 e. The molecule has 2 rings (SSSR count). The first-order chi connectivity index (χ1) is 9.19. The maximum atomic E-state index is 12.3. The van der Waals surface area contributed by atoms with E-state index in [1.165, 1.54) is 7.11 Å². The van der Waals surface area contributed by atoms with Gasteiger partial charge in [-0.25, -0.2) is 4.79 Å². The van der Waals surface area contributed by atoms with Crippen molar-refractivity contribution in [2.75, 3.05) is 33.3 Å². The topological polar surface area (TPSA) is 67.3 Å². The van der Waals surface area contributed by atoms with E-state index in [4.69, 9.17) is 4.74 Å². The molecule has 0 radical (unpaired) electrons. The summed E-state index contributed by atoms with van der Waals surface area (Å²) in [5.41, 5.74) is -0.251. The Morgan fingerprint density at radius 3 is 2.95 bits per heavy atom. The number of nitrogens with zero attached hydrogens (tertiary/aromatic N) is 3. The molecule has 6 nitrogen and oxygen atoms in total. The Kier molecular flexibility index (Phi) is 4.44. The summed E-state index contributed by atoms with van der Waals surface area (Å²) in [6, 6.07) is 0. The van der Waals surface area contributed by atoms with Crippen LogP contribution in [0.1, 0.15) is 19.0 Å². The summed E-state index contributed by atoms with van der Waals surface area (Å²) in [7, 11) is 1.41. The van der Waals surface area contributed by atoms with Gasteiger partial charge in [0.05, 0.1) is 19.0 Å². The minimum atomic E-state index is -0.880. The molecule has 1 aromatic heterocycles. The molecule has 0 saturated carbocycles. The van der Waals surface area contributed by atoms with Crippen molar-refractivity contribution in [3.05, 3.63) is 24.3 Å². The minimum absolute atomic E-state index is 0.296. The van der Waals surface area contributed by atoms with Crippen molar-refractivity contribution in [3.8, 4) is 0 Å². The molecule has 1 fully saturated rings. The molecular formula is C13H20N4O2. The highest BCUT2D eigenvalue weighted by Gasteiger charge is 2.43. The number of nitrogens with one attached hydrogen (secondary N) is 1. The fourth-order valence-corrected chi connectivity index (χ4v) is 2.44. The van der Waals surface area contributed by atoms with E-state index in [1.807, 2.05) is 6.92 Å². The molecule has 1 aromatic rings. The standard InChI is InChI=1S/C13H20N4O2/c1-13(12(18)19-2,11-10-15-5-6-16-11)17-8-3-4-14-7-9-17/h5-6,10,14H,3-4,7-9H2,1-2H3. The first-order valence-electron chi connectivity index (χ1n) is 6.50. The van der Waals surface area contributed by atoms with Crippen molar-refractivity contribution in [3.63, 3.8) is 0 Å². The van der Waals surface area contributed by atoms with Gasteiger partial charge >= 0.3 is 5.97 Å². The van der Waals surface area contributed by atoms with Crippen molar-refractivity contribution in [1.82, 2.24) is 20.2 Å². The number of carbonyl (C=O) groups excluding carboxylic acids is 1. The molecule has 0 aliphatic carbocycles. The van der Waals surface area contributed by atoms with Crippen molar-refractivity contribution in [1.29, 1.82) is 0 Å². The molecule has 0 amide bonds. The molecule has 2 heterocycles. The van der Waals surface area contributed by atoms with Crippen molar-refractivity contribution < 1.29 is 9.53 Å². The molecule has 104 valence electrons. The van der Waals surface area contributed by atoms with Crippen molar-refractivity contribution in [2.24, 2.45) is 0 Å². The van der Waals surface area contributed by atoms with Gasteiger partial charge in [0, 0.05) is 32.0 Å². The normalized spacial score (nSPS) is 20.3. The monoisotopic (exact) mass is 264 g/mol. The Hall–Kier alpha value is -1.53. The van der Waals surface area contributed by atoms with Gasteiger partial charge in [-0.2, -0.15) is 0 Å². The number of ether oxygens (including phenoxy) is 1. The third-order valence-corrected chi connectivity index (χ3v) is 3.62. The van der Waals surface area contributed by atoms with Crippen LogP contribution in [0.25, 0.3) is 0 Å². The lowest BCUT2D eigenvalue weighted by molar-refractivity contribution is -0.155. The van der Waals surface area contributed by atoms with Crippen LogP contribution in [0.5, 0.6) is 0 Å². The summed E-state index contributed by atoms with van der Waals surface area (Å²) < 4.78 is 5.00. The zero-order chi connectivity index (χ0) is 13.7. The molecule has 1 unspecified atom stereocenters. The zero-order valence-electron chi connectivity index (χ0n) is 11.4. The second-order valence-corrected chi connectivity index (χ2v) is 4.75. The number of aromatic nitrogens is 2. The van der Waals surface area contributed by atoms with Gasteiger partial charge in [0.25, 0.3) is 0 Å². The van der Waals surface area contributed by atoms with Crippen LogP contribution < -0.4 is 5.32 Å². The minimum Gasteiger partial charge on any atom is -0.467 e. The third kappa shape index (κ3) is 2.74. The van der Waals surface area contributed by atoms with Crippen LogP contribution in [0.2, 0.25) is 0 Å². The number of esters is 1. The SMILES string of the molecule is COC(=O)C(C)(c1cnccn1)N1CCCNCC1. The van der Waals surface area contributed by atoms with Gasteiger partial charge in [0.15, 0.2) is 5.54 Å². The predicted molar refractivity (Wildman–Crippen MR) is 70.5 cm³/mol. The molecule has 6 heteroatoms. The van der Waals surface area contributed by atoms with Crippen LogP contribution >= 0.6 is 0 Å². The van der Waals surface area contributed by atoms with Crippen LogP contribution in [0.3, 0.4) is 0 Å². The summed E-state index contributed by atoms with van der Waals surface area (Å²) in [5.74, 6) is -0.296. The molecule has 1 atom stereocenters. The second kappa shape index (κ2) is 6.08. The number of methoxy groups -OCH3 is 1. The number of hydrogen-bond donors (Lipinski definition) is 1. The lowest BCUT2D eigenvalue weighted by Crippen LogP contribution is -2.52. The van der Waals surface area contributed by atoms with Crippen molar-refractivity contribution >= 4 is 5.97 Å². The van der Waals surface area contributed by atoms with E-state index in [1.54, 1.807) is 18.6 Å². The average Bonchev–Trinajstić information content (AvgIpc) is 2.76. The largest absolute Gasteiger partial charge is 0.467 e. The molecule has 1 N–H and O–H groups in total. The van der Waals surface area contributed by atoms with E-state index in [0.29, 0.717) is 5.69 Å². The molecule has 1 saturated heterocycles. The van der Waals surface area contributed by atoms with Gasteiger partial charge in [-0.15, -0.1) is 0 Å². The third-order valence-electron chi connectivity index (χ3n) is 3.62. The fourth-order valence-electron chi connectivity index (χ4n) is 2.44. The Morgan fingerprint density at radius 2 is 2.26 bits per heavy atom. The lowest BCUT2D eigenvalue weighted by atomic mass is 9.95. The molecule has 1 aliphatic rings. The summed E-state index contributed by atoms with van der Waals surface area (Å²) >= 11 is 0. The van der Waals surface area contributed by atoms with Gasteiger partial charge in [0.2, 0.25) is 0 Å². The molecular weight excluding hydrogens is 244 g/mol. The van der Waals surface area contributed by atoms with Crippen LogP contribution in [0, 0.1) is 0 Å². The van der Waals surface area contributed by atoms with E-state index in [2.05, 4.69) is 20.2 Å². The van der Waals surface area contributed by atoms with Crippen LogP contribution in [0.15, 0.2) is 18.6 Å². The van der Waals surface area contributed by atoms with Gasteiger partial charge in [-0.3, -0.25) is 14.9 Å². The van der Waals surface area contributed by atoms with Gasteiger partial charge in [-0.05, 0) is 19.9 Å². The zero-order valence-corrected chi connectivity index (χ0v) is 11.4. The Labute approximate surface area is 113 Å². The van der Waals surface area contributed by atoms with Crippen LogP contribution in [-0.2, 0) is 15.1 Å². The molecule has 0 bridgehead atoms. The highest BCUT2D eigenvalue weighted by Crippen LogP contribution is 2.28. The molecule has 0 spiro atoms. The quantitative estimate of drug-likeness (QED) is 0.784. The summed E-state index contributed by atoms with van der Waals surface area (Å²) in [6.07, 6.45) is 5.83. The Bertz CT molecular complexity index is 418. The van der Waals surface area contributed by atoms with Gasteiger partial charge in [0.1, 0.15) is 0 Å². The van der Waals surface area contributed by atoms with E-state index >= 15 is 0 Å². The van der Waals surface area contributed by atoms with Gasteiger partial charge in [-0.1, -0.05) is 0 Å². The van der Waals surface area contributed by atoms with E-state index in [0.717, 1.165) is 32.6 Å². The summed E-state index contributed by atoms with van der Waals surface area (Å²) in [6.45, 7) is 5.28. The van der Waals surface area contributed by atoms with E-state index < -0.39 is 5.54 Å².